The maximum Gasteiger partial charge on any atom is 0.401 e. The molecule has 0 aromatic heterocycles. The van der Waals surface area contributed by atoms with Gasteiger partial charge in [-0.15, -0.1) is 0 Å². The van der Waals surface area contributed by atoms with Crippen molar-refractivity contribution < 1.29 is 26.7 Å². The summed E-state index contributed by atoms with van der Waals surface area (Å²) in [5, 5.41) is 5.86. The summed E-state index contributed by atoms with van der Waals surface area (Å²) in [5.41, 5.74) is 0. The first kappa shape index (κ1) is 21.9. The monoisotopic (exact) mass is 382 g/mol. The van der Waals surface area contributed by atoms with Gasteiger partial charge >= 0.3 is 6.18 Å². The molecule has 0 aliphatic rings. The number of nitrogens with zero attached hydrogens (tertiary/aromatic N) is 2. The highest BCUT2D eigenvalue weighted by atomic mass is 19.4. The average Bonchev–Trinajstić information content (AvgIpc) is 2.51. The number of aliphatic imine (C=N–C) groups is 1. The van der Waals surface area contributed by atoms with Crippen molar-refractivity contribution in [2.75, 3.05) is 46.4 Å². The molecule has 0 saturated heterocycles. The molecular formula is C16H23F5N4O. The van der Waals surface area contributed by atoms with E-state index in [4.69, 9.17) is 4.74 Å². The van der Waals surface area contributed by atoms with E-state index >= 15 is 0 Å². The molecule has 0 spiro atoms. The van der Waals surface area contributed by atoms with E-state index in [1.165, 1.54) is 13.1 Å². The first-order chi connectivity index (χ1) is 12.2. The number of hydrogen-bond acceptors (Lipinski definition) is 3. The van der Waals surface area contributed by atoms with E-state index in [0.717, 1.165) is 17.0 Å². The van der Waals surface area contributed by atoms with Crippen LogP contribution in [-0.2, 0) is 0 Å². The Bertz CT molecular complexity index is 580. The van der Waals surface area contributed by atoms with E-state index in [2.05, 4.69) is 15.6 Å². The van der Waals surface area contributed by atoms with E-state index in [9.17, 15) is 22.0 Å². The summed E-state index contributed by atoms with van der Waals surface area (Å²) in [4.78, 5) is 5.30. The summed E-state index contributed by atoms with van der Waals surface area (Å²) in [7, 11) is 1.37. The first-order valence-electron chi connectivity index (χ1n) is 8.06. The number of hydrogen-bond donors (Lipinski definition) is 2. The van der Waals surface area contributed by atoms with Gasteiger partial charge in [-0.05, 0) is 26.1 Å². The lowest BCUT2D eigenvalue weighted by molar-refractivity contribution is -0.142. The first-order valence-corrected chi connectivity index (χ1v) is 8.06. The lowest BCUT2D eigenvalue weighted by Gasteiger charge is -2.18. The average molecular weight is 382 g/mol. The topological polar surface area (TPSA) is 48.9 Å². The highest BCUT2D eigenvalue weighted by molar-refractivity contribution is 5.79. The third-order valence-corrected chi connectivity index (χ3v) is 3.09. The van der Waals surface area contributed by atoms with Crippen molar-refractivity contribution in [1.29, 1.82) is 0 Å². The molecule has 0 fully saturated rings. The van der Waals surface area contributed by atoms with Gasteiger partial charge in [0.05, 0.1) is 19.6 Å². The molecule has 148 valence electrons. The lowest BCUT2D eigenvalue weighted by atomic mass is 10.3. The van der Waals surface area contributed by atoms with E-state index in [1.807, 2.05) is 6.92 Å². The molecule has 0 aliphatic carbocycles. The smallest absolute Gasteiger partial charge is 0.401 e. The van der Waals surface area contributed by atoms with Crippen LogP contribution in [0.3, 0.4) is 0 Å². The minimum Gasteiger partial charge on any atom is -0.489 e. The summed E-state index contributed by atoms with van der Waals surface area (Å²) in [5.74, 6) is -1.14. The number of guanidine groups is 1. The van der Waals surface area contributed by atoms with Crippen molar-refractivity contribution in [2.45, 2.75) is 13.1 Å². The molecule has 0 saturated carbocycles. The van der Waals surface area contributed by atoms with Crippen LogP contribution in [0.4, 0.5) is 22.0 Å². The van der Waals surface area contributed by atoms with Crippen LogP contribution >= 0.6 is 0 Å². The number of nitrogens with one attached hydrogen (secondary N) is 2. The molecular weight excluding hydrogens is 359 g/mol. The van der Waals surface area contributed by atoms with Crippen molar-refractivity contribution >= 4 is 5.96 Å². The minimum absolute atomic E-state index is 0.0658. The Morgan fingerprint density at radius 2 is 1.96 bits per heavy atom. The second-order valence-corrected chi connectivity index (χ2v) is 5.46. The Morgan fingerprint density at radius 1 is 1.23 bits per heavy atom. The Hall–Kier alpha value is -2.10. The number of rotatable bonds is 9. The second kappa shape index (κ2) is 10.8. The molecule has 0 amide bonds. The van der Waals surface area contributed by atoms with Crippen LogP contribution in [0.1, 0.15) is 6.92 Å². The Kier molecular flexibility index (Phi) is 9.11. The standard InChI is InChI=1S/C16H23F5N4O/c1-3-22-15(23-6-8-25(2)11-16(19,20)21)24-7-9-26-14-5-4-12(17)10-13(14)18/h4-5,10H,3,6-9,11H2,1-2H3,(H2,22,23,24). The van der Waals surface area contributed by atoms with Gasteiger partial charge in [0.25, 0.3) is 0 Å². The molecule has 0 atom stereocenters. The normalized spacial score (nSPS) is 12.4. The van der Waals surface area contributed by atoms with Crippen molar-refractivity contribution in [1.82, 2.24) is 15.5 Å². The van der Waals surface area contributed by atoms with Crippen LogP contribution in [-0.4, -0.2) is 63.4 Å². The van der Waals surface area contributed by atoms with Gasteiger partial charge in [0.2, 0.25) is 0 Å². The summed E-state index contributed by atoms with van der Waals surface area (Å²) in [6.45, 7) is 2.11. The van der Waals surface area contributed by atoms with E-state index in [0.29, 0.717) is 12.5 Å². The highest BCUT2D eigenvalue weighted by Crippen LogP contribution is 2.17. The lowest BCUT2D eigenvalue weighted by Crippen LogP contribution is -2.40. The van der Waals surface area contributed by atoms with Crippen LogP contribution in [0.25, 0.3) is 0 Å². The molecule has 0 bridgehead atoms. The van der Waals surface area contributed by atoms with E-state index < -0.39 is 24.4 Å². The quantitative estimate of drug-likeness (QED) is 0.298. The second-order valence-electron chi connectivity index (χ2n) is 5.46. The maximum atomic E-state index is 13.4. The van der Waals surface area contributed by atoms with Gasteiger partial charge in [-0.3, -0.25) is 9.89 Å². The molecule has 0 heterocycles. The van der Waals surface area contributed by atoms with E-state index in [-0.39, 0.29) is 32.0 Å². The molecule has 10 heteroatoms. The largest absolute Gasteiger partial charge is 0.489 e. The molecule has 0 aliphatic heterocycles. The van der Waals surface area contributed by atoms with Gasteiger partial charge in [-0.2, -0.15) is 13.2 Å². The van der Waals surface area contributed by atoms with Gasteiger partial charge in [0.15, 0.2) is 17.5 Å². The highest BCUT2D eigenvalue weighted by Gasteiger charge is 2.28. The Morgan fingerprint density at radius 3 is 2.58 bits per heavy atom. The van der Waals surface area contributed by atoms with Gasteiger partial charge in [0, 0.05) is 19.2 Å². The fourth-order valence-corrected chi connectivity index (χ4v) is 1.98. The zero-order valence-electron chi connectivity index (χ0n) is 14.7. The number of ether oxygens (including phenoxy) is 1. The number of alkyl halides is 3. The van der Waals surface area contributed by atoms with Crippen LogP contribution < -0.4 is 15.4 Å². The molecule has 1 aromatic rings. The van der Waals surface area contributed by atoms with Crippen molar-refractivity contribution in [3.63, 3.8) is 0 Å². The zero-order chi connectivity index (χ0) is 19.6. The van der Waals surface area contributed by atoms with Gasteiger partial charge < -0.3 is 15.4 Å². The summed E-state index contributed by atoms with van der Waals surface area (Å²) < 4.78 is 68.1. The fourth-order valence-electron chi connectivity index (χ4n) is 1.98. The summed E-state index contributed by atoms with van der Waals surface area (Å²) in [6, 6.07) is 3.01. The number of benzene rings is 1. The van der Waals surface area contributed by atoms with Crippen molar-refractivity contribution in [2.24, 2.45) is 4.99 Å². The molecule has 1 rings (SSSR count). The molecule has 5 nitrogen and oxygen atoms in total. The SMILES string of the molecule is CCNC(=NCCN(C)CC(F)(F)F)NCCOc1ccc(F)cc1F. The molecule has 26 heavy (non-hydrogen) atoms. The maximum absolute atomic E-state index is 13.4. The van der Waals surface area contributed by atoms with Gasteiger partial charge in [-0.1, -0.05) is 0 Å². The fraction of sp³-hybridized carbons (Fsp3) is 0.562. The third kappa shape index (κ3) is 9.40. The van der Waals surface area contributed by atoms with Crippen LogP contribution in [0.15, 0.2) is 23.2 Å². The summed E-state index contributed by atoms with van der Waals surface area (Å²) in [6.07, 6.45) is -4.24. The van der Waals surface area contributed by atoms with Crippen LogP contribution in [0.5, 0.6) is 5.75 Å². The third-order valence-electron chi connectivity index (χ3n) is 3.09. The number of halogens is 5. The Balaban J connectivity index is 2.37. The predicted octanol–water partition coefficient (Wildman–Crippen LogP) is 2.39. The van der Waals surface area contributed by atoms with Crippen LogP contribution in [0.2, 0.25) is 0 Å². The molecule has 2 N–H and O–H groups in total. The minimum atomic E-state index is -4.24. The molecule has 0 unspecified atom stereocenters. The molecule has 0 radical (unpaired) electrons. The van der Waals surface area contributed by atoms with Crippen LogP contribution in [0, 0.1) is 11.6 Å². The predicted molar refractivity (Wildman–Crippen MR) is 89.4 cm³/mol. The molecule has 1 aromatic carbocycles. The van der Waals surface area contributed by atoms with E-state index in [1.54, 1.807) is 0 Å². The number of likely N-dealkylation sites (N-methyl/N-ethyl adjacent to an activating group) is 1. The van der Waals surface area contributed by atoms with Crippen molar-refractivity contribution in [3.8, 4) is 5.75 Å². The Labute approximate surface area is 149 Å². The van der Waals surface area contributed by atoms with Crippen molar-refractivity contribution in [3.05, 3.63) is 29.8 Å². The van der Waals surface area contributed by atoms with Gasteiger partial charge in [0.1, 0.15) is 12.4 Å². The summed E-state index contributed by atoms with van der Waals surface area (Å²) >= 11 is 0. The zero-order valence-corrected chi connectivity index (χ0v) is 14.7. The van der Waals surface area contributed by atoms with Gasteiger partial charge in [-0.25, -0.2) is 8.78 Å².